The molecule has 0 bridgehead atoms. The highest BCUT2D eigenvalue weighted by atomic mass is 16.5. The highest BCUT2D eigenvalue weighted by Gasteiger charge is 2.15. The first kappa shape index (κ1) is 16.4. The van der Waals surface area contributed by atoms with E-state index in [2.05, 4.69) is 0 Å². The first-order chi connectivity index (χ1) is 8.07. The molecule has 102 valence electrons. The predicted octanol–water partition coefficient (Wildman–Crippen LogP) is 0.956. The fraction of sp³-hybridized carbons (Fsp3) is 0.917. The van der Waals surface area contributed by atoms with Crippen molar-refractivity contribution >= 4 is 5.97 Å². The van der Waals surface area contributed by atoms with Gasteiger partial charge in [-0.3, -0.25) is 4.79 Å². The number of hydrogen-bond donors (Lipinski definition) is 1. The Morgan fingerprint density at radius 2 is 1.88 bits per heavy atom. The summed E-state index contributed by atoms with van der Waals surface area (Å²) < 4.78 is 15.1. The first-order valence-corrected chi connectivity index (χ1v) is 6.06. The van der Waals surface area contributed by atoms with Gasteiger partial charge in [0.15, 0.2) is 0 Å². The fourth-order valence-electron chi connectivity index (χ4n) is 1.29. The molecule has 0 aliphatic rings. The van der Waals surface area contributed by atoms with Crippen LogP contribution in [0.2, 0.25) is 0 Å². The molecular formula is C12H25NO4. The zero-order chi connectivity index (χ0) is 13.1. The van der Waals surface area contributed by atoms with Gasteiger partial charge < -0.3 is 19.9 Å². The molecule has 0 aliphatic carbocycles. The fourth-order valence-corrected chi connectivity index (χ4v) is 1.29. The normalized spacial score (nSPS) is 12.8. The lowest BCUT2D eigenvalue weighted by Gasteiger charge is -2.13. The van der Waals surface area contributed by atoms with E-state index in [-0.39, 0.29) is 5.97 Å². The number of hydrogen-bond acceptors (Lipinski definition) is 5. The maximum Gasteiger partial charge on any atom is 0.322 e. The largest absolute Gasteiger partial charge is 0.464 e. The van der Waals surface area contributed by atoms with E-state index >= 15 is 0 Å². The van der Waals surface area contributed by atoms with E-state index in [1.54, 1.807) is 7.11 Å². The molecule has 0 aromatic heterocycles. The number of carbonyl (C=O) groups excluding carboxylic acids is 1. The molecule has 5 heteroatoms. The third-order valence-corrected chi connectivity index (χ3v) is 2.14. The van der Waals surface area contributed by atoms with Gasteiger partial charge in [-0.15, -0.1) is 0 Å². The van der Waals surface area contributed by atoms with Crippen molar-refractivity contribution in [3.8, 4) is 0 Å². The lowest BCUT2D eigenvalue weighted by molar-refractivity contribution is -0.146. The van der Waals surface area contributed by atoms with Gasteiger partial charge in [-0.25, -0.2) is 0 Å². The van der Waals surface area contributed by atoms with E-state index in [1.165, 1.54) is 0 Å². The molecular weight excluding hydrogens is 222 g/mol. The van der Waals surface area contributed by atoms with Crippen molar-refractivity contribution in [1.82, 2.24) is 0 Å². The molecule has 0 amide bonds. The van der Waals surface area contributed by atoms with Gasteiger partial charge in [-0.2, -0.15) is 0 Å². The van der Waals surface area contributed by atoms with Crippen LogP contribution >= 0.6 is 0 Å². The molecule has 0 aromatic rings. The van der Waals surface area contributed by atoms with Crippen LogP contribution in [-0.4, -0.2) is 45.5 Å². The van der Waals surface area contributed by atoms with E-state index in [1.807, 2.05) is 13.8 Å². The minimum Gasteiger partial charge on any atom is -0.464 e. The molecule has 0 aromatic carbocycles. The summed E-state index contributed by atoms with van der Waals surface area (Å²) in [6.07, 6.45) is 1.34. The monoisotopic (exact) mass is 247 g/mol. The summed E-state index contributed by atoms with van der Waals surface area (Å²) in [5, 5.41) is 0. The van der Waals surface area contributed by atoms with Crippen molar-refractivity contribution in [2.75, 3.05) is 33.5 Å². The van der Waals surface area contributed by atoms with Crippen LogP contribution < -0.4 is 5.73 Å². The Labute approximate surface area is 104 Å². The molecule has 17 heavy (non-hydrogen) atoms. The number of carbonyl (C=O) groups is 1. The molecule has 0 radical (unpaired) electrons. The quantitative estimate of drug-likeness (QED) is 0.460. The van der Waals surface area contributed by atoms with Gasteiger partial charge in [0.1, 0.15) is 6.04 Å². The lowest BCUT2D eigenvalue weighted by atomic mass is 10.1. The molecule has 0 spiro atoms. The van der Waals surface area contributed by atoms with Crippen LogP contribution in [0.3, 0.4) is 0 Å². The first-order valence-electron chi connectivity index (χ1n) is 6.06. The van der Waals surface area contributed by atoms with E-state index in [0.29, 0.717) is 45.2 Å². The average molecular weight is 247 g/mol. The van der Waals surface area contributed by atoms with E-state index in [4.69, 9.17) is 19.9 Å². The highest BCUT2D eigenvalue weighted by Crippen LogP contribution is 2.04. The molecule has 5 nitrogen and oxygen atoms in total. The van der Waals surface area contributed by atoms with Gasteiger partial charge >= 0.3 is 5.97 Å². The van der Waals surface area contributed by atoms with Crippen LogP contribution in [0.4, 0.5) is 0 Å². The zero-order valence-electron chi connectivity index (χ0n) is 11.1. The predicted molar refractivity (Wildman–Crippen MR) is 65.7 cm³/mol. The number of nitrogens with two attached hydrogens (primary N) is 1. The molecule has 0 saturated carbocycles. The molecule has 2 N–H and O–H groups in total. The van der Waals surface area contributed by atoms with Crippen LogP contribution in [0.25, 0.3) is 0 Å². The van der Waals surface area contributed by atoms with Gasteiger partial charge in [0.05, 0.1) is 19.8 Å². The minimum absolute atomic E-state index is 0.324. The maximum absolute atomic E-state index is 11.4. The number of esters is 1. The van der Waals surface area contributed by atoms with Gasteiger partial charge in [0, 0.05) is 20.1 Å². The molecule has 0 saturated heterocycles. The second kappa shape index (κ2) is 10.5. The standard InChI is InChI=1S/C12H25NO4/c1-10(2)9-11(13)12(14)17-6-4-5-16-8-7-15-3/h10-11H,4-9,13H2,1-3H3/t11-/m0/s1. The summed E-state index contributed by atoms with van der Waals surface area (Å²) in [4.78, 5) is 11.4. The van der Waals surface area contributed by atoms with Crippen molar-refractivity contribution < 1.29 is 19.0 Å². The lowest BCUT2D eigenvalue weighted by Crippen LogP contribution is -2.33. The van der Waals surface area contributed by atoms with Crippen LogP contribution in [0, 0.1) is 5.92 Å². The summed E-state index contributed by atoms with van der Waals surface area (Å²) >= 11 is 0. The summed E-state index contributed by atoms with van der Waals surface area (Å²) in [7, 11) is 1.63. The summed E-state index contributed by atoms with van der Waals surface area (Å²) in [6.45, 7) is 6.12. The Hall–Kier alpha value is -0.650. The second-order valence-electron chi connectivity index (χ2n) is 4.36. The minimum atomic E-state index is -0.510. The highest BCUT2D eigenvalue weighted by molar-refractivity contribution is 5.75. The molecule has 0 fully saturated rings. The summed E-state index contributed by atoms with van der Waals surface area (Å²) in [6, 6.07) is -0.510. The van der Waals surface area contributed by atoms with Crippen LogP contribution in [0.1, 0.15) is 26.7 Å². The molecule has 0 rings (SSSR count). The molecule has 1 atom stereocenters. The molecule has 0 unspecified atom stereocenters. The Balaban J connectivity index is 3.38. The van der Waals surface area contributed by atoms with Crippen molar-refractivity contribution in [3.63, 3.8) is 0 Å². The third-order valence-electron chi connectivity index (χ3n) is 2.14. The van der Waals surface area contributed by atoms with Gasteiger partial charge in [-0.05, 0) is 12.3 Å². The van der Waals surface area contributed by atoms with E-state index in [0.717, 1.165) is 0 Å². The molecule has 0 heterocycles. The van der Waals surface area contributed by atoms with Crippen molar-refractivity contribution in [2.45, 2.75) is 32.7 Å². The number of ether oxygens (including phenoxy) is 3. The van der Waals surface area contributed by atoms with Crippen molar-refractivity contribution in [1.29, 1.82) is 0 Å². The Morgan fingerprint density at radius 1 is 1.18 bits per heavy atom. The average Bonchev–Trinajstić information content (AvgIpc) is 2.26. The van der Waals surface area contributed by atoms with Crippen LogP contribution in [0.15, 0.2) is 0 Å². The zero-order valence-corrected chi connectivity index (χ0v) is 11.1. The number of methoxy groups -OCH3 is 1. The van der Waals surface area contributed by atoms with Crippen molar-refractivity contribution in [3.05, 3.63) is 0 Å². The Morgan fingerprint density at radius 3 is 2.47 bits per heavy atom. The van der Waals surface area contributed by atoms with E-state index < -0.39 is 6.04 Å². The van der Waals surface area contributed by atoms with Crippen molar-refractivity contribution in [2.24, 2.45) is 11.7 Å². The second-order valence-corrected chi connectivity index (χ2v) is 4.36. The SMILES string of the molecule is COCCOCCCOC(=O)[C@@H](N)CC(C)C. The van der Waals surface area contributed by atoms with Gasteiger partial charge in [0.2, 0.25) is 0 Å². The van der Waals surface area contributed by atoms with Crippen LogP contribution in [-0.2, 0) is 19.0 Å². The topological polar surface area (TPSA) is 70.8 Å². The van der Waals surface area contributed by atoms with Gasteiger partial charge in [-0.1, -0.05) is 13.8 Å². The summed E-state index contributed by atoms with van der Waals surface area (Å²) in [5.74, 6) is 0.0746. The Bertz CT molecular complexity index is 197. The summed E-state index contributed by atoms with van der Waals surface area (Å²) in [5.41, 5.74) is 5.68. The maximum atomic E-state index is 11.4. The molecule has 0 aliphatic heterocycles. The van der Waals surface area contributed by atoms with Crippen LogP contribution in [0.5, 0.6) is 0 Å². The van der Waals surface area contributed by atoms with E-state index in [9.17, 15) is 4.79 Å². The number of rotatable bonds is 10. The third kappa shape index (κ3) is 10.2. The smallest absolute Gasteiger partial charge is 0.322 e. The van der Waals surface area contributed by atoms with Gasteiger partial charge in [0.25, 0.3) is 0 Å². The Kier molecular flexibility index (Phi) is 10.1.